The van der Waals surface area contributed by atoms with Crippen molar-refractivity contribution in [2.75, 3.05) is 0 Å². The van der Waals surface area contributed by atoms with Crippen LogP contribution in [0.2, 0.25) is 0 Å². The van der Waals surface area contributed by atoms with Gasteiger partial charge in [0.25, 0.3) is 0 Å². The molecule has 0 bridgehead atoms. The zero-order chi connectivity index (χ0) is 14.9. The molecule has 4 heteroatoms. The van der Waals surface area contributed by atoms with Crippen molar-refractivity contribution in [3.63, 3.8) is 0 Å². The molecule has 0 radical (unpaired) electrons. The molecule has 0 saturated heterocycles. The van der Waals surface area contributed by atoms with Crippen molar-refractivity contribution in [2.24, 2.45) is 0 Å². The molecule has 2 aromatic carbocycles. The largest absolute Gasteiger partial charge is 0.505 e. The van der Waals surface area contributed by atoms with Crippen LogP contribution in [-0.2, 0) is 0 Å². The number of hydrogen-bond donors (Lipinski definition) is 2. The van der Waals surface area contributed by atoms with E-state index in [4.69, 9.17) is 0 Å². The Kier molecular flexibility index (Phi) is 2.86. The lowest BCUT2D eigenvalue weighted by molar-refractivity contribution is 0.483. The first kappa shape index (κ1) is 12.6. The monoisotopic (exact) mass is 287 g/mol. The van der Waals surface area contributed by atoms with E-state index < -0.39 is 0 Å². The molecule has 0 saturated carbocycles. The maximum absolute atomic E-state index is 10.4. The molecule has 0 spiro atoms. The Morgan fingerprint density at radius 2 is 1.55 bits per heavy atom. The van der Waals surface area contributed by atoms with Gasteiger partial charge in [-0.25, -0.2) is 4.98 Å². The van der Waals surface area contributed by atoms with Crippen molar-refractivity contribution in [3.8, 4) is 28.4 Å². The summed E-state index contributed by atoms with van der Waals surface area (Å²) in [6, 6.07) is 17.5. The molecule has 0 atom stereocenters. The number of benzene rings is 2. The fourth-order valence-corrected chi connectivity index (χ4v) is 2.55. The molecule has 0 aliphatic carbocycles. The summed E-state index contributed by atoms with van der Waals surface area (Å²) in [5, 5.41) is 11.2. The second-order valence-corrected chi connectivity index (χ2v) is 5.05. The third-order valence-corrected chi connectivity index (χ3v) is 3.64. The highest BCUT2D eigenvalue weighted by Crippen LogP contribution is 2.35. The van der Waals surface area contributed by atoms with E-state index in [1.807, 2.05) is 54.6 Å². The summed E-state index contributed by atoms with van der Waals surface area (Å²) in [5.41, 5.74) is 3.85. The molecule has 0 fully saturated rings. The number of fused-ring (bicyclic) bond motifs is 1. The molecule has 2 heterocycles. The second-order valence-electron chi connectivity index (χ2n) is 5.05. The number of hydrogen-bond acceptors (Lipinski definition) is 3. The lowest BCUT2D eigenvalue weighted by atomic mass is 10.1. The van der Waals surface area contributed by atoms with Gasteiger partial charge in [-0.15, -0.1) is 0 Å². The number of H-pyrrole nitrogens is 1. The lowest BCUT2D eigenvalue weighted by Crippen LogP contribution is -1.90. The van der Waals surface area contributed by atoms with Gasteiger partial charge in [0, 0.05) is 16.5 Å². The summed E-state index contributed by atoms with van der Waals surface area (Å²) < 4.78 is 0. The quantitative estimate of drug-likeness (QED) is 0.586. The van der Waals surface area contributed by atoms with E-state index in [0.717, 1.165) is 22.2 Å². The Labute approximate surface area is 127 Å². The molecular formula is C18H13N3O. The minimum Gasteiger partial charge on any atom is -0.505 e. The summed E-state index contributed by atoms with van der Waals surface area (Å²) in [4.78, 5) is 12.1. The van der Waals surface area contributed by atoms with Crippen LogP contribution in [0.4, 0.5) is 0 Å². The third kappa shape index (κ3) is 2.02. The average Bonchev–Trinajstić information content (AvgIpc) is 2.93. The molecule has 22 heavy (non-hydrogen) atoms. The summed E-state index contributed by atoms with van der Waals surface area (Å²) in [7, 11) is 0. The molecule has 106 valence electrons. The average molecular weight is 287 g/mol. The van der Waals surface area contributed by atoms with Gasteiger partial charge in [0.2, 0.25) is 0 Å². The summed E-state index contributed by atoms with van der Waals surface area (Å²) >= 11 is 0. The zero-order valence-corrected chi connectivity index (χ0v) is 11.7. The van der Waals surface area contributed by atoms with Crippen LogP contribution in [-0.4, -0.2) is 20.1 Å². The van der Waals surface area contributed by atoms with Crippen molar-refractivity contribution in [2.45, 2.75) is 0 Å². The molecule has 0 aliphatic rings. The highest BCUT2D eigenvalue weighted by molar-refractivity contribution is 5.93. The van der Waals surface area contributed by atoms with Crippen molar-refractivity contribution in [3.05, 3.63) is 67.0 Å². The van der Waals surface area contributed by atoms with Gasteiger partial charge >= 0.3 is 0 Å². The van der Waals surface area contributed by atoms with Crippen LogP contribution in [0.5, 0.6) is 5.75 Å². The molecular weight excluding hydrogens is 274 g/mol. The second kappa shape index (κ2) is 5.00. The maximum Gasteiger partial charge on any atom is 0.150 e. The topological polar surface area (TPSA) is 61.8 Å². The maximum atomic E-state index is 10.4. The SMILES string of the molecule is Oc1c(-c2cncc(-c3ccccc3)n2)[nH]c2ccccc12. The number of para-hydroxylation sites is 1. The first-order chi connectivity index (χ1) is 10.8. The molecule has 2 N–H and O–H groups in total. The van der Waals surface area contributed by atoms with E-state index >= 15 is 0 Å². The van der Waals surface area contributed by atoms with Gasteiger partial charge in [-0.2, -0.15) is 0 Å². The van der Waals surface area contributed by atoms with Crippen LogP contribution < -0.4 is 0 Å². The summed E-state index contributed by atoms with van der Waals surface area (Å²) in [6.45, 7) is 0. The molecule has 0 amide bonds. The fraction of sp³-hybridized carbons (Fsp3) is 0. The zero-order valence-electron chi connectivity index (χ0n) is 11.7. The van der Waals surface area contributed by atoms with Crippen LogP contribution in [0.25, 0.3) is 33.5 Å². The molecule has 4 nitrogen and oxygen atoms in total. The smallest absolute Gasteiger partial charge is 0.150 e. The lowest BCUT2D eigenvalue weighted by Gasteiger charge is -2.03. The number of nitrogens with zero attached hydrogens (tertiary/aromatic N) is 2. The van der Waals surface area contributed by atoms with Crippen molar-refractivity contribution < 1.29 is 5.11 Å². The minimum atomic E-state index is 0.204. The third-order valence-electron chi connectivity index (χ3n) is 3.64. The Morgan fingerprint density at radius 3 is 2.36 bits per heavy atom. The standard InChI is InChI=1S/C18H13N3O/c22-18-13-8-4-5-9-14(13)21-17(18)16-11-19-10-15(20-16)12-6-2-1-3-7-12/h1-11,21-22H. The van der Waals surface area contributed by atoms with Gasteiger partial charge in [0.05, 0.1) is 18.1 Å². The molecule has 4 aromatic rings. The van der Waals surface area contributed by atoms with Crippen molar-refractivity contribution in [1.82, 2.24) is 15.0 Å². The van der Waals surface area contributed by atoms with Gasteiger partial charge in [0.15, 0.2) is 5.75 Å². The van der Waals surface area contributed by atoms with E-state index in [2.05, 4.69) is 15.0 Å². The Hall–Kier alpha value is -3.14. The van der Waals surface area contributed by atoms with Crippen molar-refractivity contribution >= 4 is 10.9 Å². The molecule has 2 aromatic heterocycles. The molecule has 0 unspecified atom stereocenters. The van der Waals surface area contributed by atoms with Gasteiger partial charge < -0.3 is 10.1 Å². The van der Waals surface area contributed by atoms with Gasteiger partial charge in [-0.3, -0.25) is 4.98 Å². The predicted molar refractivity (Wildman–Crippen MR) is 86.4 cm³/mol. The highest BCUT2D eigenvalue weighted by atomic mass is 16.3. The van der Waals surface area contributed by atoms with Crippen molar-refractivity contribution in [1.29, 1.82) is 0 Å². The molecule has 4 rings (SSSR count). The molecule has 0 aliphatic heterocycles. The number of rotatable bonds is 2. The van der Waals surface area contributed by atoms with E-state index in [0.29, 0.717) is 11.4 Å². The van der Waals surface area contributed by atoms with E-state index in [9.17, 15) is 5.11 Å². The number of aromatic hydroxyl groups is 1. The van der Waals surface area contributed by atoms with Gasteiger partial charge in [0.1, 0.15) is 11.4 Å². The number of nitrogens with one attached hydrogen (secondary N) is 1. The van der Waals surface area contributed by atoms with Gasteiger partial charge in [-0.05, 0) is 12.1 Å². The number of aromatic amines is 1. The summed E-state index contributed by atoms with van der Waals surface area (Å²) in [6.07, 6.45) is 3.37. The first-order valence-electron chi connectivity index (χ1n) is 7.00. The van der Waals surface area contributed by atoms with Crippen LogP contribution in [0, 0.1) is 0 Å². The minimum absolute atomic E-state index is 0.204. The Bertz CT molecular complexity index is 945. The Morgan fingerprint density at radius 1 is 0.818 bits per heavy atom. The van der Waals surface area contributed by atoms with Crippen LogP contribution in [0.15, 0.2) is 67.0 Å². The van der Waals surface area contributed by atoms with Crippen LogP contribution >= 0.6 is 0 Å². The van der Waals surface area contributed by atoms with E-state index in [1.165, 1.54) is 0 Å². The van der Waals surface area contributed by atoms with Crippen LogP contribution in [0.1, 0.15) is 0 Å². The number of aromatic nitrogens is 3. The highest BCUT2D eigenvalue weighted by Gasteiger charge is 2.14. The van der Waals surface area contributed by atoms with Gasteiger partial charge in [-0.1, -0.05) is 42.5 Å². The van der Waals surface area contributed by atoms with E-state index in [1.54, 1.807) is 12.4 Å². The van der Waals surface area contributed by atoms with Crippen LogP contribution in [0.3, 0.4) is 0 Å². The predicted octanol–water partition coefficient (Wildman–Crippen LogP) is 4.00. The van der Waals surface area contributed by atoms with E-state index in [-0.39, 0.29) is 5.75 Å². The fourth-order valence-electron chi connectivity index (χ4n) is 2.55. The normalized spacial score (nSPS) is 10.9. The first-order valence-corrected chi connectivity index (χ1v) is 7.00. The Balaban J connectivity index is 1.87. The summed E-state index contributed by atoms with van der Waals surface area (Å²) in [5.74, 6) is 0.204.